The van der Waals surface area contributed by atoms with E-state index >= 15 is 0 Å². The van der Waals surface area contributed by atoms with Crippen molar-refractivity contribution in [2.24, 2.45) is 0 Å². The van der Waals surface area contributed by atoms with Crippen molar-refractivity contribution in [3.05, 3.63) is 36.0 Å². The summed E-state index contributed by atoms with van der Waals surface area (Å²) < 4.78 is 53.3. The van der Waals surface area contributed by atoms with Crippen LogP contribution < -0.4 is 5.32 Å². The lowest BCUT2D eigenvalue weighted by Crippen LogP contribution is -2.15. The van der Waals surface area contributed by atoms with E-state index in [2.05, 4.69) is 15.5 Å². The number of alkyl halides is 2. The molecule has 0 saturated carbocycles. The summed E-state index contributed by atoms with van der Waals surface area (Å²) in [6.45, 7) is 1.95. The average molecular weight is 317 g/mol. The summed E-state index contributed by atoms with van der Waals surface area (Å²) >= 11 is 0. The van der Waals surface area contributed by atoms with Crippen LogP contribution in [0.3, 0.4) is 0 Å². The van der Waals surface area contributed by atoms with E-state index < -0.39 is 20.5 Å². The van der Waals surface area contributed by atoms with Gasteiger partial charge in [-0.1, -0.05) is 17.3 Å². The molecule has 0 saturated heterocycles. The summed E-state index contributed by atoms with van der Waals surface area (Å²) in [5.74, 6) is -2.58. The molecule has 1 aromatic heterocycles. The van der Waals surface area contributed by atoms with Crippen LogP contribution in [-0.4, -0.2) is 30.9 Å². The van der Waals surface area contributed by atoms with Crippen molar-refractivity contribution in [2.75, 3.05) is 11.9 Å². The first-order chi connectivity index (χ1) is 9.91. The Kier molecular flexibility index (Phi) is 4.51. The van der Waals surface area contributed by atoms with E-state index in [-0.39, 0.29) is 12.2 Å². The fraction of sp³-hybridized carbons (Fsp3) is 0.333. The molecule has 0 spiro atoms. The number of nitrogens with zero attached hydrogens (tertiary/aromatic N) is 2. The number of hydrogen-bond donors (Lipinski definition) is 1. The van der Waals surface area contributed by atoms with E-state index in [0.29, 0.717) is 18.1 Å². The van der Waals surface area contributed by atoms with Gasteiger partial charge in [-0.2, -0.15) is 13.8 Å². The smallest absolute Gasteiger partial charge is 0.341 e. The van der Waals surface area contributed by atoms with E-state index in [1.165, 1.54) is 12.1 Å². The molecule has 0 unspecified atom stereocenters. The second kappa shape index (κ2) is 6.17. The Hall–Kier alpha value is -2.03. The molecule has 1 N–H and O–H groups in total. The van der Waals surface area contributed by atoms with Gasteiger partial charge < -0.3 is 9.84 Å². The Bertz CT molecular complexity index is 716. The van der Waals surface area contributed by atoms with Crippen LogP contribution >= 0.6 is 0 Å². The van der Waals surface area contributed by atoms with E-state index in [9.17, 15) is 17.2 Å². The minimum Gasteiger partial charge on any atom is -0.383 e. The Morgan fingerprint density at radius 3 is 2.67 bits per heavy atom. The van der Waals surface area contributed by atoms with Gasteiger partial charge in [0, 0.05) is 13.0 Å². The largest absolute Gasteiger partial charge is 0.383 e. The van der Waals surface area contributed by atoms with Crippen LogP contribution in [0, 0.1) is 6.92 Å². The SMILES string of the molecule is Cc1noc(CCNc2ccccc2S(=O)(=O)C(F)F)n1. The number of aryl methyl sites for hydroxylation is 1. The molecule has 0 amide bonds. The molecule has 0 aliphatic rings. The lowest BCUT2D eigenvalue weighted by molar-refractivity contribution is 0.235. The van der Waals surface area contributed by atoms with E-state index in [1.807, 2.05) is 0 Å². The van der Waals surface area contributed by atoms with Crippen molar-refractivity contribution in [3.8, 4) is 0 Å². The number of para-hydroxylation sites is 1. The maximum absolute atomic E-state index is 12.6. The number of benzene rings is 1. The highest BCUT2D eigenvalue weighted by molar-refractivity contribution is 7.91. The number of nitrogens with one attached hydrogen (secondary N) is 1. The topological polar surface area (TPSA) is 85.1 Å². The normalized spacial score (nSPS) is 11.8. The minimum atomic E-state index is -4.65. The summed E-state index contributed by atoms with van der Waals surface area (Å²) in [6.07, 6.45) is 0.351. The van der Waals surface area contributed by atoms with Gasteiger partial charge in [-0.3, -0.25) is 0 Å². The van der Waals surface area contributed by atoms with Crippen molar-refractivity contribution in [1.29, 1.82) is 0 Å². The minimum absolute atomic E-state index is 0.119. The monoisotopic (exact) mass is 317 g/mol. The highest BCUT2D eigenvalue weighted by atomic mass is 32.2. The lowest BCUT2D eigenvalue weighted by atomic mass is 10.3. The molecule has 2 rings (SSSR count). The lowest BCUT2D eigenvalue weighted by Gasteiger charge is -2.11. The number of halogens is 2. The molecule has 114 valence electrons. The summed E-state index contributed by atoms with van der Waals surface area (Å²) in [5, 5.41) is 6.41. The molecule has 2 aromatic rings. The first-order valence-electron chi connectivity index (χ1n) is 6.05. The number of anilines is 1. The van der Waals surface area contributed by atoms with Gasteiger partial charge >= 0.3 is 5.76 Å². The zero-order valence-corrected chi connectivity index (χ0v) is 11.9. The molecule has 0 aliphatic heterocycles. The molecule has 9 heteroatoms. The van der Waals surface area contributed by atoms with Gasteiger partial charge in [0.25, 0.3) is 0 Å². The van der Waals surface area contributed by atoms with Gasteiger partial charge in [-0.05, 0) is 19.1 Å². The highest BCUT2D eigenvalue weighted by Crippen LogP contribution is 2.25. The molecule has 21 heavy (non-hydrogen) atoms. The molecular weight excluding hydrogens is 304 g/mol. The van der Waals surface area contributed by atoms with Gasteiger partial charge in [0.2, 0.25) is 15.7 Å². The first kappa shape index (κ1) is 15.4. The van der Waals surface area contributed by atoms with Crippen molar-refractivity contribution in [3.63, 3.8) is 0 Å². The van der Waals surface area contributed by atoms with Gasteiger partial charge in [-0.15, -0.1) is 0 Å². The molecule has 0 bridgehead atoms. The molecule has 6 nitrogen and oxygen atoms in total. The zero-order chi connectivity index (χ0) is 15.5. The van der Waals surface area contributed by atoms with Crippen molar-refractivity contribution >= 4 is 15.5 Å². The first-order valence-corrected chi connectivity index (χ1v) is 7.60. The van der Waals surface area contributed by atoms with Crippen LogP contribution in [0.15, 0.2) is 33.7 Å². The van der Waals surface area contributed by atoms with Crippen molar-refractivity contribution in [2.45, 2.75) is 24.0 Å². The second-order valence-electron chi connectivity index (χ2n) is 4.21. The van der Waals surface area contributed by atoms with Crippen molar-refractivity contribution in [1.82, 2.24) is 10.1 Å². The predicted octanol–water partition coefficient (Wildman–Crippen LogP) is 2.03. The summed E-state index contributed by atoms with van der Waals surface area (Å²) in [6, 6.07) is 5.51. The third-order valence-corrected chi connectivity index (χ3v) is 4.09. The number of sulfone groups is 1. The van der Waals surface area contributed by atoms with Gasteiger partial charge in [-0.25, -0.2) is 8.42 Å². The molecule has 0 aliphatic carbocycles. The molecular formula is C12H13F2N3O3S. The fourth-order valence-electron chi connectivity index (χ4n) is 1.70. The highest BCUT2D eigenvalue weighted by Gasteiger charge is 2.28. The molecule has 0 radical (unpaired) electrons. The summed E-state index contributed by atoms with van der Waals surface area (Å²) in [7, 11) is -4.65. The number of aromatic nitrogens is 2. The van der Waals surface area contributed by atoms with Gasteiger partial charge in [0.05, 0.1) is 10.6 Å². The Morgan fingerprint density at radius 2 is 2.05 bits per heavy atom. The third kappa shape index (κ3) is 3.54. The quantitative estimate of drug-likeness (QED) is 0.877. The molecule has 0 fully saturated rings. The number of rotatable bonds is 6. The third-order valence-electron chi connectivity index (χ3n) is 2.65. The Balaban J connectivity index is 2.10. The van der Waals surface area contributed by atoms with E-state index in [4.69, 9.17) is 4.52 Å². The average Bonchev–Trinajstić information content (AvgIpc) is 2.85. The van der Waals surface area contributed by atoms with E-state index in [1.54, 1.807) is 13.0 Å². The van der Waals surface area contributed by atoms with Crippen LogP contribution in [0.5, 0.6) is 0 Å². The number of hydrogen-bond acceptors (Lipinski definition) is 6. The van der Waals surface area contributed by atoms with Gasteiger partial charge in [0.1, 0.15) is 0 Å². The van der Waals surface area contributed by atoms with Crippen molar-refractivity contribution < 1.29 is 21.7 Å². The van der Waals surface area contributed by atoms with Gasteiger partial charge in [0.15, 0.2) is 5.82 Å². The molecule has 1 aromatic carbocycles. The fourth-order valence-corrected chi connectivity index (χ4v) is 2.61. The van der Waals surface area contributed by atoms with Crippen LogP contribution in [0.2, 0.25) is 0 Å². The summed E-state index contributed by atoms with van der Waals surface area (Å²) in [5.41, 5.74) is 0.119. The van der Waals surface area contributed by atoms with Crippen LogP contribution in [0.1, 0.15) is 11.7 Å². The maximum atomic E-state index is 12.6. The molecule has 1 heterocycles. The standard InChI is InChI=1S/C12H13F2N3O3S/c1-8-16-11(20-17-8)6-7-15-9-4-2-3-5-10(9)21(18,19)12(13)14/h2-5,12,15H,6-7H2,1H3. The van der Waals surface area contributed by atoms with Crippen LogP contribution in [0.4, 0.5) is 14.5 Å². The Morgan fingerprint density at radius 1 is 1.33 bits per heavy atom. The summed E-state index contributed by atoms with van der Waals surface area (Å²) in [4.78, 5) is 3.56. The van der Waals surface area contributed by atoms with E-state index in [0.717, 1.165) is 6.07 Å². The predicted molar refractivity (Wildman–Crippen MR) is 70.9 cm³/mol. The van der Waals surface area contributed by atoms with Crippen LogP contribution in [0.25, 0.3) is 0 Å². The Labute approximate surface area is 120 Å². The zero-order valence-electron chi connectivity index (χ0n) is 11.1. The maximum Gasteiger partial charge on any atom is 0.341 e. The van der Waals surface area contributed by atoms with Crippen LogP contribution in [-0.2, 0) is 16.3 Å². The second-order valence-corrected chi connectivity index (χ2v) is 6.10. The molecule has 0 atom stereocenters.